The molecule has 0 saturated heterocycles. The zero-order valence-electron chi connectivity index (χ0n) is 19.1. The standard InChI is InChI=1S/C27H26F2N2O3/c1-3-24(19-7-5-4-6-8-19)26(32)30-23-9-10-25-20(13-23)16-31(27(33)17(2)34-25)15-18-11-21(28)14-22(29)12-18/h4-14,17,24H,3,15-16H2,1-2H3,(H,30,32)/t17-,24+/m0/s1. The maximum Gasteiger partial charge on any atom is 0.263 e. The molecule has 1 aliphatic heterocycles. The van der Waals surface area contributed by atoms with E-state index in [1.54, 1.807) is 25.1 Å². The van der Waals surface area contributed by atoms with Gasteiger partial charge in [-0.1, -0.05) is 37.3 Å². The SMILES string of the molecule is CC[C@@H](C(=O)Nc1ccc2c(c1)CN(Cc1cc(F)cc(F)c1)C(=O)[C@H](C)O2)c1ccccc1. The molecule has 0 aromatic heterocycles. The molecular weight excluding hydrogens is 438 g/mol. The van der Waals surface area contributed by atoms with Gasteiger partial charge in [0.15, 0.2) is 6.10 Å². The lowest BCUT2D eigenvalue weighted by molar-refractivity contribution is -0.138. The second kappa shape index (κ2) is 10.0. The summed E-state index contributed by atoms with van der Waals surface area (Å²) in [4.78, 5) is 27.4. The molecule has 2 amide bonds. The average Bonchev–Trinajstić information content (AvgIpc) is 2.90. The number of nitrogens with one attached hydrogen (secondary N) is 1. The van der Waals surface area contributed by atoms with Gasteiger partial charge in [0.25, 0.3) is 5.91 Å². The van der Waals surface area contributed by atoms with Gasteiger partial charge in [-0.25, -0.2) is 8.78 Å². The van der Waals surface area contributed by atoms with Crippen molar-refractivity contribution in [2.45, 2.75) is 45.4 Å². The molecule has 0 saturated carbocycles. The van der Waals surface area contributed by atoms with Crippen molar-refractivity contribution in [3.63, 3.8) is 0 Å². The van der Waals surface area contributed by atoms with Crippen LogP contribution in [0.4, 0.5) is 14.5 Å². The van der Waals surface area contributed by atoms with Gasteiger partial charge in [0.1, 0.15) is 17.4 Å². The van der Waals surface area contributed by atoms with Crippen molar-refractivity contribution in [2.75, 3.05) is 5.32 Å². The fourth-order valence-corrected chi connectivity index (χ4v) is 4.22. The molecule has 1 N–H and O–H groups in total. The number of hydrogen-bond donors (Lipinski definition) is 1. The number of anilines is 1. The first-order valence-electron chi connectivity index (χ1n) is 11.2. The van der Waals surface area contributed by atoms with Crippen molar-refractivity contribution in [1.82, 2.24) is 4.90 Å². The predicted molar refractivity (Wildman–Crippen MR) is 125 cm³/mol. The fraction of sp³-hybridized carbons (Fsp3) is 0.259. The molecule has 4 rings (SSSR count). The summed E-state index contributed by atoms with van der Waals surface area (Å²) in [5, 5.41) is 2.97. The van der Waals surface area contributed by atoms with E-state index in [0.717, 1.165) is 11.6 Å². The maximum atomic E-state index is 13.7. The monoisotopic (exact) mass is 464 g/mol. The van der Waals surface area contributed by atoms with Crippen LogP contribution in [-0.4, -0.2) is 22.8 Å². The molecule has 0 bridgehead atoms. The molecule has 1 heterocycles. The predicted octanol–water partition coefficient (Wildman–Crippen LogP) is 5.41. The van der Waals surface area contributed by atoms with Crippen molar-refractivity contribution in [3.05, 3.63) is 95.1 Å². The van der Waals surface area contributed by atoms with Crippen LogP contribution in [0.15, 0.2) is 66.7 Å². The van der Waals surface area contributed by atoms with E-state index in [0.29, 0.717) is 29.0 Å². The third-order valence-electron chi connectivity index (χ3n) is 5.87. The van der Waals surface area contributed by atoms with E-state index >= 15 is 0 Å². The molecule has 5 nitrogen and oxygen atoms in total. The number of carbonyl (C=O) groups excluding carboxylic acids is 2. The Morgan fingerprint density at radius 2 is 1.79 bits per heavy atom. The van der Waals surface area contributed by atoms with Crippen molar-refractivity contribution in [1.29, 1.82) is 0 Å². The van der Waals surface area contributed by atoms with Gasteiger partial charge < -0.3 is 15.0 Å². The van der Waals surface area contributed by atoms with Crippen molar-refractivity contribution < 1.29 is 23.1 Å². The Morgan fingerprint density at radius 3 is 2.47 bits per heavy atom. The number of amides is 2. The van der Waals surface area contributed by atoms with Crippen LogP contribution in [0.2, 0.25) is 0 Å². The number of carbonyl (C=O) groups is 2. The van der Waals surface area contributed by atoms with E-state index in [2.05, 4.69) is 5.32 Å². The Balaban J connectivity index is 1.56. The normalized spacial score (nSPS) is 16.3. The van der Waals surface area contributed by atoms with Gasteiger partial charge in [-0.2, -0.15) is 0 Å². The molecule has 34 heavy (non-hydrogen) atoms. The number of benzene rings is 3. The Bertz CT molecular complexity index is 1180. The Hall–Kier alpha value is -3.74. The third kappa shape index (κ3) is 5.25. The summed E-state index contributed by atoms with van der Waals surface area (Å²) in [7, 11) is 0. The second-order valence-corrected chi connectivity index (χ2v) is 8.42. The van der Waals surface area contributed by atoms with E-state index in [-0.39, 0.29) is 30.8 Å². The number of hydrogen-bond acceptors (Lipinski definition) is 3. The molecule has 0 radical (unpaired) electrons. The highest BCUT2D eigenvalue weighted by Gasteiger charge is 2.28. The summed E-state index contributed by atoms with van der Waals surface area (Å²) in [6, 6.07) is 18.0. The molecule has 3 aromatic carbocycles. The maximum absolute atomic E-state index is 13.7. The van der Waals surface area contributed by atoms with E-state index in [9.17, 15) is 18.4 Å². The number of fused-ring (bicyclic) bond motifs is 1. The number of ether oxygens (including phenoxy) is 1. The van der Waals surface area contributed by atoms with Gasteiger partial charge >= 0.3 is 0 Å². The quantitative estimate of drug-likeness (QED) is 0.531. The topological polar surface area (TPSA) is 58.6 Å². The lowest BCUT2D eigenvalue weighted by Gasteiger charge is -2.22. The van der Waals surface area contributed by atoms with Crippen molar-refractivity contribution in [2.24, 2.45) is 0 Å². The molecule has 2 atom stereocenters. The van der Waals surface area contributed by atoms with Gasteiger partial charge in [0.2, 0.25) is 5.91 Å². The summed E-state index contributed by atoms with van der Waals surface area (Å²) >= 11 is 0. The number of rotatable bonds is 6. The smallest absolute Gasteiger partial charge is 0.263 e. The Kier molecular flexibility index (Phi) is 6.91. The number of nitrogens with zero attached hydrogens (tertiary/aromatic N) is 1. The first kappa shape index (κ1) is 23.4. The van der Waals surface area contributed by atoms with Crippen molar-refractivity contribution >= 4 is 17.5 Å². The third-order valence-corrected chi connectivity index (χ3v) is 5.87. The summed E-state index contributed by atoms with van der Waals surface area (Å²) in [6.45, 7) is 3.81. The minimum absolute atomic E-state index is 0.0309. The average molecular weight is 465 g/mol. The highest BCUT2D eigenvalue weighted by Crippen LogP contribution is 2.30. The second-order valence-electron chi connectivity index (χ2n) is 8.42. The van der Waals surface area contributed by atoms with Gasteiger partial charge in [-0.15, -0.1) is 0 Å². The van der Waals surface area contributed by atoms with Crippen LogP contribution >= 0.6 is 0 Å². The zero-order valence-corrected chi connectivity index (χ0v) is 19.1. The highest BCUT2D eigenvalue weighted by atomic mass is 19.1. The van der Waals surface area contributed by atoms with Gasteiger partial charge in [0, 0.05) is 30.4 Å². The first-order chi connectivity index (χ1) is 16.3. The van der Waals surface area contributed by atoms with Gasteiger partial charge in [-0.05, 0) is 54.8 Å². The molecule has 176 valence electrons. The van der Waals surface area contributed by atoms with Gasteiger partial charge in [0.05, 0.1) is 5.92 Å². The van der Waals surface area contributed by atoms with E-state index in [1.165, 1.54) is 17.0 Å². The van der Waals surface area contributed by atoms with Crippen LogP contribution < -0.4 is 10.1 Å². The van der Waals surface area contributed by atoms with Crippen LogP contribution in [0.3, 0.4) is 0 Å². The van der Waals surface area contributed by atoms with Crippen LogP contribution in [0.1, 0.15) is 42.9 Å². The number of halogens is 2. The van der Waals surface area contributed by atoms with E-state index in [4.69, 9.17) is 4.74 Å². The molecule has 0 fully saturated rings. The Morgan fingerprint density at radius 1 is 1.09 bits per heavy atom. The summed E-state index contributed by atoms with van der Waals surface area (Å²) in [6.07, 6.45) is -0.115. The highest BCUT2D eigenvalue weighted by molar-refractivity contribution is 5.96. The lowest BCUT2D eigenvalue weighted by atomic mass is 9.95. The largest absolute Gasteiger partial charge is 0.481 e. The van der Waals surface area contributed by atoms with E-state index < -0.39 is 17.7 Å². The molecule has 0 unspecified atom stereocenters. The van der Waals surface area contributed by atoms with E-state index in [1.807, 2.05) is 37.3 Å². The summed E-state index contributed by atoms with van der Waals surface area (Å²) < 4.78 is 33.1. The molecule has 1 aliphatic rings. The molecule has 3 aromatic rings. The van der Waals surface area contributed by atoms with Crippen LogP contribution in [-0.2, 0) is 22.7 Å². The zero-order chi connectivity index (χ0) is 24.2. The Labute approximate surface area is 197 Å². The lowest BCUT2D eigenvalue weighted by Crippen LogP contribution is -2.37. The molecule has 0 aliphatic carbocycles. The first-order valence-corrected chi connectivity index (χ1v) is 11.2. The molecular formula is C27H26F2N2O3. The summed E-state index contributed by atoms with van der Waals surface area (Å²) in [5.74, 6) is -1.58. The summed E-state index contributed by atoms with van der Waals surface area (Å²) in [5.41, 5.74) is 2.56. The van der Waals surface area contributed by atoms with Crippen LogP contribution in [0.25, 0.3) is 0 Å². The van der Waals surface area contributed by atoms with Crippen molar-refractivity contribution in [3.8, 4) is 5.75 Å². The van der Waals surface area contributed by atoms with Crippen LogP contribution in [0, 0.1) is 11.6 Å². The van der Waals surface area contributed by atoms with Crippen LogP contribution in [0.5, 0.6) is 5.75 Å². The minimum Gasteiger partial charge on any atom is -0.481 e. The minimum atomic E-state index is -0.761. The molecule has 7 heteroatoms. The molecule has 0 spiro atoms. The van der Waals surface area contributed by atoms with Gasteiger partial charge in [-0.3, -0.25) is 9.59 Å². The fourth-order valence-electron chi connectivity index (χ4n) is 4.22.